The van der Waals surface area contributed by atoms with Crippen LogP contribution in [0.5, 0.6) is 0 Å². The van der Waals surface area contributed by atoms with Gasteiger partial charge in [0, 0.05) is 30.9 Å². The Bertz CT molecular complexity index is 639. The summed E-state index contributed by atoms with van der Waals surface area (Å²) in [5, 5.41) is 4.71. The van der Waals surface area contributed by atoms with E-state index in [9.17, 15) is 0 Å². The van der Waals surface area contributed by atoms with Gasteiger partial charge in [0.05, 0.1) is 5.69 Å². The molecule has 1 aliphatic rings. The molecule has 0 spiro atoms. The van der Waals surface area contributed by atoms with Crippen LogP contribution < -0.4 is 5.73 Å². The van der Waals surface area contributed by atoms with Crippen LogP contribution in [0.1, 0.15) is 39.3 Å². The first-order valence-electron chi connectivity index (χ1n) is 7.01. The van der Waals surface area contributed by atoms with Crippen molar-refractivity contribution in [2.45, 2.75) is 33.6 Å². The van der Waals surface area contributed by atoms with Crippen LogP contribution in [0.25, 0.3) is 11.1 Å². The van der Waals surface area contributed by atoms with E-state index >= 15 is 0 Å². The number of hydrogen-bond acceptors (Lipinski definition) is 3. The maximum atomic E-state index is 6.26. The largest absolute Gasteiger partial charge is 0.383 e. The van der Waals surface area contributed by atoms with Gasteiger partial charge in [0.1, 0.15) is 5.82 Å². The van der Waals surface area contributed by atoms with Crippen LogP contribution in [-0.2, 0) is 7.05 Å². The summed E-state index contributed by atoms with van der Waals surface area (Å²) in [6, 6.07) is 4.00. The van der Waals surface area contributed by atoms with Crippen molar-refractivity contribution in [2.24, 2.45) is 17.9 Å². The lowest BCUT2D eigenvalue weighted by Crippen LogP contribution is -1.98. The summed E-state index contributed by atoms with van der Waals surface area (Å²) >= 11 is 0. The summed E-state index contributed by atoms with van der Waals surface area (Å²) in [5.74, 6) is 1.16. The van der Waals surface area contributed by atoms with Crippen LogP contribution in [0.3, 0.4) is 0 Å². The molecule has 0 unspecified atom stereocenters. The molecule has 0 radical (unpaired) electrons. The summed E-state index contributed by atoms with van der Waals surface area (Å²) in [7, 11) is 1.91. The van der Waals surface area contributed by atoms with Crippen LogP contribution in [0.2, 0.25) is 0 Å². The van der Waals surface area contributed by atoms with Gasteiger partial charge in [-0.15, -0.1) is 0 Å². The van der Waals surface area contributed by atoms with Crippen molar-refractivity contribution in [3.63, 3.8) is 0 Å². The minimum absolute atomic E-state index is 0.246. The Kier molecular flexibility index (Phi) is 2.53. The molecule has 0 saturated heterocycles. The highest BCUT2D eigenvalue weighted by Gasteiger charge is 2.66. The van der Waals surface area contributed by atoms with Crippen molar-refractivity contribution in [1.82, 2.24) is 14.8 Å². The van der Waals surface area contributed by atoms with Gasteiger partial charge >= 0.3 is 0 Å². The second-order valence-corrected chi connectivity index (χ2v) is 6.88. The third-order valence-corrected chi connectivity index (χ3v) is 5.38. The van der Waals surface area contributed by atoms with Gasteiger partial charge in [0.2, 0.25) is 0 Å². The second kappa shape index (κ2) is 3.84. The molecule has 0 atom stereocenters. The summed E-state index contributed by atoms with van der Waals surface area (Å²) in [6.07, 6.45) is 3.60. The van der Waals surface area contributed by atoms with Gasteiger partial charge < -0.3 is 5.73 Å². The maximum absolute atomic E-state index is 6.26. The number of anilines is 1. The smallest absolute Gasteiger partial charge is 0.129 e. The first-order valence-corrected chi connectivity index (χ1v) is 7.01. The first kappa shape index (κ1) is 13.2. The fourth-order valence-corrected chi connectivity index (χ4v) is 3.45. The van der Waals surface area contributed by atoms with E-state index in [2.05, 4.69) is 32.7 Å². The minimum Gasteiger partial charge on any atom is -0.383 e. The number of nitrogens with zero attached hydrogens (tertiary/aromatic N) is 3. The zero-order chi connectivity index (χ0) is 14.7. The van der Waals surface area contributed by atoms with Gasteiger partial charge in [-0.2, -0.15) is 5.10 Å². The molecule has 2 aromatic rings. The van der Waals surface area contributed by atoms with E-state index in [1.165, 1.54) is 0 Å². The molecule has 2 heterocycles. The number of nitrogen functional groups attached to an aromatic ring is 1. The molecular weight excluding hydrogens is 248 g/mol. The average molecular weight is 270 g/mol. The van der Waals surface area contributed by atoms with Crippen molar-refractivity contribution < 1.29 is 0 Å². The van der Waals surface area contributed by atoms with Crippen molar-refractivity contribution >= 4 is 5.82 Å². The fourth-order valence-electron chi connectivity index (χ4n) is 3.45. The predicted octanol–water partition coefficient (Wildman–Crippen LogP) is 3.21. The molecule has 0 aromatic carbocycles. The number of rotatable bonds is 2. The van der Waals surface area contributed by atoms with E-state index in [1.807, 2.05) is 19.2 Å². The van der Waals surface area contributed by atoms with Crippen LogP contribution in [-0.4, -0.2) is 14.8 Å². The van der Waals surface area contributed by atoms with Crippen LogP contribution in [0.4, 0.5) is 5.82 Å². The van der Waals surface area contributed by atoms with E-state index in [1.54, 1.807) is 17.1 Å². The number of aromatic nitrogens is 3. The summed E-state index contributed by atoms with van der Waals surface area (Å²) in [4.78, 5) is 4.09. The molecule has 2 N–H and O–H groups in total. The Morgan fingerprint density at radius 2 is 1.65 bits per heavy atom. The van der Waals surface area contributed by atoms with Crippen LogP contribution in [0.15, 0.2) is 24.5 Å². The molecule has 4 nitrogen and oxygen atoms in total. The predicted molar refractivity (Wildman–Crippen MR) is 81.2 cm³/mol. The number of aryl methyl sites for hydroxylation is 1. The second-order valence-electron chi connectivity index (χ2n) is 6.88. The SMILES string of the molecule is Cn1nc(C2C(C)(C)C2(C)C)c(-c2ccncc2)c1N. The third kappa shape index (κ3) is 1.54. The van der Waals surface area contributed by atoms with E-state index in [0.717, 1.165) is 22.6 Å². The third-order valence-electron chi connectivity index (χ3n) is 5.38. The van der Waals surface area contributed by atoms with Crippen molar-refractivity contribution in [1.29, 1.82) is 0 Å². The van der Waals surface area contributed by atoms with Gasteiger partial charge in [-0.05, 0) is 28.5 Å². The Labute approximate surface area is 120 Å². The molecule has 1 saturated carbocycles. The highest BCUT2D eigenvalue weighted by Crippen LogP contribution is 2.74. The molecule has 0 aliphatic heterocycles. The van der Waals surface area contributed by atoms with Gasteiger partial charge in [-0.1, -0.05) is 27.7 Å². The van der Waals surface area contributed by atoms with Crippen molar-refractivity contribution in [3.8, 4) is 11.1 Å². The van der Waals surface area contributed by atoms with Gasteiger partial charge in [-0.25, -0.2) is 0 Å². The topological polar surface area (TPSA) is 56.7 Å². The highest BCUT2D eigenvalue weighted by atomic mass is 15.3. The summed E-state index contributed by atoms with van der Waals surface area (Å²) < 4.78 is 1.79. The molecule has 1 fully saturated rings. The molecule has 0 amide bonds. The molecule has 0 bridgehead atoms. The maximum Gasteiger partial charge on any atom is 0.129 e. The lowest BCUT2D eigenvalue weighted by molar-refractivity contribution is 0.457. The standard InChI is InChI=1S/C16H22N4/c1-15(2)13(16(15,3)4)12-11(14(17)20(5)19-12)10-6-8-18-9-7-10/h6-9,13H,17H2,1-5H3. The van der Waals surface area contributed by atoms with Crippen molar-refractivity contribution in [2.75, 3.05) is 5.73 Å². The normalized spacial score (nSPS) is 20.1. The first-order chi connectivity index (χ1) is 9.28. The number of nitrogens with two attached hydrogens (primary N) is 1. The summed E-state index contributed by atoms with van der Waals surface area (Å²) in [5.41, 5.74) is 10.0. The van der Waals surface area contributed by atoms with Crippen LogP contribution >= 0.6 is 0 Å². The average Bonchev–Trinajstić information content (AvgIpc) is 2.62. The molecule has 1 aliphatic carbocycles. The van der Waals surface area contributed by atoms with E-state index in [4.69, 9.17) is 10.8 Å². The quantitative estimate of drug-likeness (QED) is 0.911. The molecule has 4 heteroatoms. The van der Waals surface area contributed by atoms with Gasteiger partial charge in [0.25, 0.3) is 0 Å². The van der Waals surface area contributed by atoms with Crippen molar-refractivity contribution in [3.05, 3.63) is 30.2 Å². The molecule has 20 heavy (non-hydrogen) atoms. The Morgan fingerprint density at radius 1 is 1.10 bits per heavy atom. The Morgan fingerprint density at radius 3 is 2.15 bits per heavy atom. The minimum atomic E-state index is 0.246. The van der Waals surface area contributed by atoms with Gasteiger partial charge in [0.15, 0.2) is 0 Å². The lowest BCUT2D eigenvalue weighted by Gasteiger charge is -2.05. The number of pyridine rings is 1. The number of hydrogen-bond donors (Lipinski definition) is 1. The lowest BCUT2D eigenvalue weighted by atomic mass is 10.0. The van der Waals surface area contributed by atoms with Crippen LogP contribution in [0, 0.1) is 10.8 Å². The molecular formula is C16H22N4. The Balaban J connectivity index is 2.18. The van der Waals surface area contributed by atoms with Gasteiger partial charge in [-0.3, -0.25) is 9.67 Å². The zero-order valence-electron chi connectivity index (χ0n) is 12.8. The highest BCUT2D eigenvalue weighted by molar-refractivity contribution is 5.77. The molecule has 3 rings (SSSR count). The molecule has 2 aromatic heterocycles. The van der Waals surface area contributed by atoms with E-state index in [-0.39, 0.29) is 10.8 Å². The Hall–Kier alpha value is -1.84. The van der Waals surface area contributed by atoms with E-state index < -0.39 is 0 Å². The monoisotopic (exact) mass is 270 g/mol. The fraction of sp³-hybridized carbons (Fsp3) is 0.500. The summed E-state index contributed by atoms with van der Waals surface area (Å²) in [6.45, 7) is 9.22. The van der Waals surface area contributed by atoms with E-state index in [0.29, 0.717) is 5.92 Å². The zero-order valence-corrected chi connectivity index (χ0v) is 12.8. The molecule has 106 valence electrons.